The Balaban J connectivity index is 0.00000288. The maximum absolute atomic E-state index is 12.5. The Labute approximate surface area is 151 Å². The van der Waals surface area contributed by atoms with Crippen LogP contribution in [0, 0.1) is 0 Å². The van der Waals surface area contributed by atoms with E-state index in [9.17, 15) is 4.79 Å². The highest BCUT2D eigenvalue weighted by atomic mass is 35.5. The largest absolute Gasteiger partial charge is 0.371 e. The van der Waals surface area contributed by atoms with Crippen LogP contribution >= 0.6 is 12.4 Å². The van der Waals surface area contributed by atoms with Crippen molar-refractivity contribution in [2.24, 2.45) is 5.73 Å². The summed E-state index contributed by atoms with van der Waals surface area (Å²) in [5, 5.41) is 4.44. The predicted octanol–water partition coefficient (Wildman–Crippen LogP) is 1.88. The van der Waals surface area contributed by atoms with Crippen LogP contribution in [0.3, 0.4) is 0 Å². The van der Waals surface area contributed by atoms with Gasteiger partial charge in [0.15, 0.2) is 0 Å². The second-order valence-electron chi connectivity index (χ2n) is 7.72. The Bertz CT molecular complexity index is 581. The monoisotopic (exact) mass is 357 g/mol. The summed E-state index contributed by atoms with van der Waals surface area (Å²) in [6.45, 7) is 11.0. The van der Waals surface area contributed by atoms with Crippen molar-refractivity contribution in [2.75, 3.05) is 31.6 Å². The maximum atomic E-state index is 12.5. The lowest BCUT2D eigenvalue weighted by atomic mass is 10.0. The van der Waals surface area contributed by atoms with Crippen molar-refractivity contribution in [1.29, 1.82) is 0 Å². The molecule has 2 rings (SSSR count). The number of anilines is 1. The van der Waals surface area contributed by atoms with Crippen molar-refractivity contribution in [2.45, 2.75) is 58.2 Å². The number of hydrogen-bond donors (Lipinski definition) is 1. The van der Waals surface area contributed by atoms with E-state index < -0.39 is 0 Å². The van der Waals surface area contributed by atoms with E-state index in [0.29, 0.717) is 6.04 Å². The van der Waals surface area contributed by atoms with Crippen molar-refractivity contribution in [3.05, 3.63) is 22.6 Å². The van der Waals surface area contributed by atoms with E-state index in [1.807, 2.05) is 20.9 Å². The van der Waals surface area contributed by atoms with Crippen LogP contribution in [0.5, 0.6) is 0 Å². The van der Waals surface area contributed by atoms with Gasteiger partial charge in [0.05, 0.1) is 17.9 Å². The molecule has 138 valence electrons. The molecule has 0 aliphatic carbocycles. The van der Waals surface area contributed by atoms with Crippen molar-refractivity contribution in [1.82, 2.24) is 14.7 Å². The number of likely N-dealkylation sites (tertiary alicyclic amines) is 1. The predicted molar refractivity (Wildman–Crippen MR) is 102 cm³/mol. The summed E-state index contributed by atoms with van der Waals surface area (Å²) in [4.78, 5) is 16.9. The van der Waals surface area contributed by atoms with Gasteiger partial charge in [0.1, 0.15) is 0 Å². The third-order valence-corrected chi connectivity index (χ3v) is 4.45. The molecular formula is C17H32ClN5O. The number of nitrogens with zero attached hydrogens (tertiary/aromatic N) is 4. The lowest BCUT2D eigenvalue weighted by molar-refractivity contribution is 0.143. The van der Waals surface area contributed by atoms with E-state index in [1.165, 1.54) is 0 Å². The molecule has 1 fully saturated rings. The van der Waals surface area contributed by atoms with Crippen LogP contribution in [-0.2, 0) is 0 Å². The number of piperidine rings is 1. The molecular weight excluding hydrogens is 326 g/mol. The number of hydrogen-bond acceptors (Lipinski definition) is 5. The maximum Gasteiger partial charge on any atom is 0.269 e. The van der Waals surface area contributed by atoms with Crippen LogP contribution in [0.15, 0.2) is 17.1 Å². The highest BCUT2D eigenvalue weighted by molar-refractivity contribution is 5.85. The Kier molecular flexibility index (Phi) is 7.25. The molecule has 1 aliphatic rings. The van der Waals surface area contributed by atoms with Gasteiger partial charge < -0.3 is 10.6 Å². The molecule has 1 aromatic rings. The summed E-state index contributed by atoms with van der Waals surface area (Å²) in [6.07, 6.45) is 3.86. The molecule has 1 atom stereocenters. The minimum absolute atomic E-state index is 0. The quantitative estimate of drug-likeness (QED) is 0.871. The summed E-state index contributed by atoms with van der Waals surface area (Å²) in [5.41, 5.74) is 6.76. The Morgan fingerprint density at radius 3 is 2.67 bits per heavy atom. The van der Waals surface area contributed by atoms with Gasteiger partial charge in [0.25, 0.3) is 5.56 Å². The van der Waals surface area contributed by atoms with Gasteiger partial charge in [-0.1, -0.05) is 0 Å². The van der Waals surface area contributed by atoms with Crippen LogP contribution in [0.25, 0.3) is 0 Å². The third-order valence-electron chi connectivity index (χ3n) is 4.45. The zero-order valence-electron chi connectivity index (χ0n) is 15.5. The molecule has 6 nitrogen and oxygen atoms in total. The van der Waals surface area contributed by atoms with Gasteiger partial charge in [-0.05, 0) is 47.1 Å². The van der Waals surface area contributed by atoms with E-state index in [0.717, 1.165) is 38.2 Å². The number of halogens is 1. The van der Waals surface area contributed by atoms with E-state index in [2.05, 4.69) is 28.7 Å². The van der Waals surface area contributed by atoms with Crippen molar-refractivity contribution < 1.29 is 0 Å². The van der Waals surface area contributed by atoms with Gasteiger partial charge >= 0.3 is 0 Å². The molecule has 0 saturated carbocycles. The molecule has 1 unspecified atom stereocenters. The summed E-state index contributed by atoms with van der Waals surface area (Å²) >= 11 is 0. The summed E-state index contributed by atoms with van der Waals surface area (Å²) in [7, 11) is 1.98. The Morgan fingerprint density at radius 2 is 2.12 bits per heavy atom. The van der Waals surface area contributed by atoms with E-state index in [4.69, 9.17) is 5.73 Å². The molecule has 0 radical (unpaired) electrons. The lowest BCUT2D eigenvalue weighted by Gasteiger charge is -2.36. The average molecular weight is 358 g/mol. The molecule has 2 heterocycles. The van der Waals surface area contributed by atoms with E-state index in [1.54, 1.807) is 16.9 Å². The van der Waals surface area contributed by atoms with Crippen LogP contribution in [-0.4, -0.2) is 52.9 Å². The van der Waals surface area contributed by atoms with E-state index in [-0.39, 0.29) is 29.5 Å². The molecule has 0 amide bonds. The Morgan fingerprint density at radius 1 is 1.46 bits per heavy atom. The summed E-state index contributed by atoms with van der Waals surface area (Å²) < 4.78 is 1.65. The second kappa shape index (κ2) is 8.32. The molecule has 1 aliphatic heterocycles. The van der Waals surface area contributed by atoms with Gasteiger partial charge in [-0.15, -0.1) is 12.4 Å². The van der Waals surface area contributed by atoms with E-state index >= 15 is 0 Å². The number of rotatable bonds is 5. The van der Waals surface area contributed by atoms with Gasteiger partial charge in [-0.2, -0.15) is 5.10 Å². The number of nitrogens with two attached hydrogens (primary N) is 1. The molecule has 7 heteroatoms. The fraction of sp³-hybridized carbons (Fsp3) is 0.765. The molecule has 0 spiro atoms. The molecule has 1 saturated heterocycles. The first-order chi connectivity index (χ1) is 10.7. The van der Waals surface area contributed by atoms with Crippen molar-refractivity contribution >= 4 is 18.1 Å². The first kappa shape index (κ1) is 20.9. The van der Waals surface area contributed by atoms with Gasteiger partial charge in [0.2, 0.25) is 0 Å². The molecule has 0 bridgehead atoms. The summed E-state index contributed by atoms with van der Waals surface area (Å²) in [6, 6.07) is 2.17. The standard InChI is InChI=1S/C17H31N5O.ClH/c1-13(2)20(5)15-9-16(23)22(19-10-15)14-7-6-8-21(11-14)12-17(3,4)18;/h9-10,13-14H,6-8,11-12,18H2,1-5H3;1H. The van der Waals surface area contributed by atoms with Crippen LogP contribution in [0.4, 0.5) is 5.69 Å². The first-order valence-electron chi connectivity index (χ1n) is 8.50. The first-order valence-corrected chi connectivity index (χ1v) is 8.50. The minimum atomic E-state index is -0.218. The zero-order chi connectivity index (χ0) is 17.2. The van der Waals surface area contributed by atoms with Gasteiger partial charge in [-0.25, -0.2) is 4.68 Å². The van der Waals surface area contributed by atoms with Crippen molar-refractivity contribution in [3.63, 3.8) is 0 Å². The van der Waals surface area contributed by atoms with Crippen molar-refractivity contribution in [3.8, 4) is 0 Å². The molecule has 0 aromatic carbocycles. The highest BCUT2D eigenvalue weighted by Gasteiger charge is 2.26. The van der Waals surface area contributed by atoms with Gasteiger partial charge in [-0.3, -0.25) is 9.69 Å². The molecule has 2 N–H and O–H groups in total. The minimum Gasteiger partial charge on any atom is -0.371 e. The Hall–Kier alpha value is -1.11. The normalized spacial score (nSPS) is 19.2. The van der Waals surface area contributed by atoms with Crippen LogP contribution in [0.2, 0.25) is 0 Å². The smallest absolute Gasteiger partial charge is 0.269 e. The summed E-state index contributed by atoms with van der Waals surface area (Å²) in [5.74, 6) is 0. The molecule has 1 aromatic heterocycles. The molecule has 24 heavy (non-hydrogen) atoms. The SMILES string of the molecule is CC(C)N(C)c1cnn(C2CCCN(CC(C)(C)N)C2)c(=O)c1.Cl. The number of aromatic nitrogens is 2. The van der Waals surface area contributed by atoms with Crippen LogP contribution in [0.1, 0.15) is 46.6 Å². The highest BCUT2D eigenvalue weighted by Crippen LogP contribution is 2.21. The average Bonchev–Trinajstić information content (AvgIpc) is 2.44. The third kappa shape index (κ3) is 5.46. The fourth-order valence-electron chi connectivity index (χ4n) is 3.12. The fourth-order valence-corrected chi connectivity index (χ4v) is 3.12. The second-order valence-corrected chi connectivity index (χ2v) is 7.72. The topological polar surface area (TPSA) is 67.4 Å². The zero-order valence-corrected chi connectivity index (χ0v) is 16.3. The lowest BCUT2D eigenvalue weighted by Crippen LogP contribution is -2.49. The van der Waals surface area contributed by atoms with Gasteiger partial charge in [0, 0.05) is 37.8 Å². The van der Waals surface area contributed by atoms with Crippen LogP contribution < -0.4 is 16.2 Å².